The van der Waals surface area contributed by atoms with Crippen molar-refractivity contribution < 1.29 is 9.84 Å². The molecule has 1 spiro atoms. The maximum absolute atomic E-state index is 10.2. The van der Waals surface area contributed by atoms with Crippen LogP contribution in [0.2, 0.25) is 0 Å². The lowest BCUT2D eigenvalue weighted by Crippen LogP contribution is -2.62. The van der Waals surface area contributed by atoms with Gasteiger partial charge in [-0.3, -0.25) is 4.90 Å². The number of hydrogen-bond donors (Lipinski definition) is 1. The van der Waals surface area contributed by atoms with E-state index in [4.69, 9.17) is 4.74 Å². The highest BCUT2D eigenvalue weighted by atomic mass is 32.1. The highest BCUT2D eigenvalue weighted by molar-refractivity contribution is 7.09. The molecule has 0 radical (unpaired) electrons. The van der Waals surface area contributed by atoms with Gasteiger partial charge in [0.05, 0.1) is 18.8 Å². The van der Waals surface area contributed by atoms with E-state index in [2.05, 4.69) is 9.88 Å². The number of rotatable bonds is 4. The molecule has 106 valence electrons. The number of hydrogen-bond acceptors (Lipinski definition) is 5. The second kappa shape index (κ2) is 5.48. The number of thiazole rings is 1. The third kappa shape index (κ3) is 2.44. The molecular formula is C14H22N2O2S. The molecule has 0 amide bonds. The second-order valence-electron chi connectivity index (χ2n) is 5.63. The van der Waals surface area contributed by atoms with E-state index in [9.17, 15) is 5.11 Å². The lowest BCUT2D eigenvalue weighted by molar-refractivity contribution is -0.209. The molecule has 19 heavy (non-hydrogen) atoms. The molecular weight excluding hydrogens is 260 g/mol. The van der Waals surface area contributed by atoms with Crippen LogP contribution in [0.4, 0.5) is 0 Å². The van der Waals surface area contributed by atoms with Crippen LogP contribution in [-0.4, -0.2) is 46.9 Å². The zero-order valence-corrected chi connectivity index (χ0v) is 12.2. The zero-order chi connectivity index (χ0) is 13.3. The summed E-state index contributed by atoms with van der Waals surface area (Å²) in [5.41, 5.74) is 0.0371. The van der Waals surface area contributed by atoms with Gasteiger partial charge in [-0.1, -0.05) is 0 Å². The van der Waals surface area contributed by atoms with Crippen LogP contribution < -0.4 is 0 Å². The lowest BCUT2D eigenvalue weighted by atomic mass is 9.58. The fraction of sp³-hybridized carbons (Fsp3) is 0.786. The normalized spacial score (nSPS) is 30.4. The number of aliphatic hydroxyl groups excluding tert-OH is 1. The zero-order valence-electron chi connectivity index (χ0n) is 11.4. The fourth-order valence-corrected chi connectivity index (χ4v) is 4.12. The van der Waals surface area contributed by atoms with Crippen molar-refractivity contribution in [1.82, 2.24) is 9.88 Å². The fourth-order valence-electron chi connectivity index (χ4n) is 3.47. The average Bonchev–Trinajstić information content (AvgIpc) is 2.92. The van der Waals surface area contributed by atoms with Crippen LogP contribution in [0.3, 0.4) is 0 Å². The lowest BCUT2D eigenvalue weighted by Gasteiger charge is -2.56. The Labute approximate surface area is 118 Å². The first-order valence-electron chi connectivity index (χ1n) is 7.15. The summed E-state index contributed by atoms with van der Waals surface area (Å²) in [6.07, 6.45) is 4.89. The van der Waals surface area contributed by atoms with Crippen LogP contribution in [0.1, 0.15) is 31.2 Å². The molecule has 1 aromatic rings. The molecule has 0 aromatic carbocycles. The smallest absolute Gasteiger partial charge is 0.107 e. The molecule has 2 heterocycles. The first kappa shape index (κ1) is 13.5. The van der Waals surface area contributed by atoms with Gasteiger partial charge >= 0.3 is 0 Å². The minimum atomic E-state index is -0.161. The Morgan fingerprint density at radius 2 is 2.32 bits per heavy atom. The quantitative estimate of drug-likeness (QED) is 0.916. The van der Waals surface area contributed by atoms with E-state index in [0.29, 0.717) is 0 Å². The van der Waals surface area contributed by atoms with Gasteiger partial charge in [-0.2, -0.15) is 0 Å². The second-order valence-corrected chi connectivity index (χ2v) is 6.61. The summed E-state index contributed by atoms with van der Waals surface area (Å²) in [4.78, 5) is 6.79. The molecule has 0 bridgehead atoms. The number of ether oxygens (including phenoxy) is 1. The van der Waals surface area contributed by atoms with Crippen molar-refractivity contribution >= 4 is 11.3 Å². The van der Waals surface area contributed by atoms with E-state index < -0.39 is 0 Å². The Hall–Kier alpha value is -0.490. The molecule has 1 aliphatic heterocycles. The number of nitrogens with zero attached hydrogens (tertiary/aromatic N) is 2. The molecule has 5 heteroatoms. The summed E-state index contributed by atoms with van der Waals surface area (Å²) in [6, 6.07) is 0. The highest BCUT2D eigenvalue weighted by Crippen LogP contribution is 2.51. The van der Waals surface area contributed by atoms with Crippen molar-refractivity contribution in [2.24, 2.45) is 5.41 Å². The van der Waals surface area contributed by atoms with E-state index in [1.54, 1.807) is 11.3 Å². The standard InChI is InChI=1S/C14H22N2O2S/c1-2-18-12-9-11(17)14(12)3-6-16(7-4-14)10-13-15-5-8-19-13/h5,8,11-12,17H,2-4,6-7,9-10H2,1H3. The third-order valence-electron chi connectivity index (χ3n) is 4.74. The van der Waals surface area contributed by atoms with E-state index in [0.717, 1.165) is 45.5 Å². The molecule has 3 rings (SSSR count). The monoisotopic (exact) mass is 282 g/mol. The van der Waals surface area contributed by atoms with Gasteiger partial charge in [0.2, 0.25) is 0 Å². The molecule has 2 aliphatic rings. The van der Waals surface area contributed by atoms with Gasteiger partial charge in [0.1, 0.15) is 5.01 Å². The first-order chi connectivity index (χ1) is 9.24. The Balaban J connectivity index is 1.56. The number of aliphatic hydroxyl groups is 1. The van der Waals surface area contributed by atoms with Crippen LogP contribution in [-0.2, 0) is 11.3 Å². The maximum atomic E-state index is 10.2. The third-order valence-corrected chi connectivity index (χ3v) is 5.50. The van der Waals surface area contributed by atoms with Gasteiger partial charge in [-0.05, 0) is 32.9 Å². The van der Waals surface area contributed by atoms with Gasteiger partial charge in [0.25, 0.3) is 0 Å². The topological polar surface area (TPSA) is 45.6 Å². The van der Waals surface area contributed by atoms with E-state index in [-0.39, 0.29) is 17.6 Å². The molecule has 2 fully saturated rings. The van der Waals surface area contributed by atoms with Crippen molar-refractivity contribution in [3.63, 3.8) is 0 Å². The van der Waals surface area contributed by atoms with Gasteiger partial charge in [0.15, 0.2) is 0 Å². The Bertz CT molecular complexity index is 400. The average molecular weight is 282 g/mol. The van der Waals surface area contributed by atoms with Gasteiger partial charge < -0.3 is 9.84 Å². The highest BCUT2D eigenvalue weighted by Gasteiger charge is 2.55. The summed E-state index contributed by atoms with van der Waals surface area (Å²) in [5.74, 6) is 0. The molecule has 4 nitrogen and oxygen atoms in total. The van der Waals surface area contributed by atoms with Crippen molar-refractivity contribution in [1.29, 1.82) is 0 Å². The Morgan fingerprint density at radius 3 is 2.89 bits per heavy atom. The molecule has 2 unspecified atom stereocenters. The summed E-state index contributed by atoms with van der Waals surface area (Å²) in [6.45, 7) is 5.82. The number of piperidine rings is 1. The minimum absolute atomic E-state index is 0.0371. The Morgan fingerprint density at radius 1 is 1.53 bits per heavy atom. The number of likely N-dealkylation sites (tertiary alicyclic amines) is 1. The minimum Gasteiger partial charge on any atom is -0.392 e. The van der Waals surface area contributed by atoms with Gasteiger partial charge in [0, 0.05) is 30.0 Å². The molecule has 1 aromatic heterocycles. The van der Waals surface area contributed by atoms with E-state index >= 15 is 0 Å². The maximum Gasteiger partial charge on any atom is 0.107 e. The summed E-state index contributed by atoms with van der Waals surface area (Å²) >= 11 is 1.72. The van der Waals surface area contributed by atoms with Crippen LogP contribution >= 0.6 is 11.3 Å². The summed E-state index contributed by atoms with van der Waals surface area (Å²) in [7, 11) is 0. The molecule has 1 saturated carbocycles. The van der Waals surface area contributed by atoms with E-state index in [1.807, 2.05) is 18.5 Å². The Kier molecular flexibility index (Phi) is 3.89. The van der Waals surface area contributed by atoms with Crippen molar-refractivity contribution in [3.8, 4) is 0 Å². The van der Waals surface area contributed by atoms with Crippen LogP contribution in [0, 0.1) is 5.41 Å². The van der Waals surface area contributed by atoms with Crippen molar-refractivity contribution in [3.05, 3.63) is 16.6 Å². The van der Waals surface area contributed by atoms with Gasteiger partial charge in [-0.25, -0.2) is 4.98 Å². The largest absolute Gasteiger partial charge is 0.392 e. The van der Waals surface area contributed by atoms with E-state index in [1.165, 1.54) is 5.01 Å². The van der Waals surface area contributed by atoms with Crippen LogP contribution in [0.5, 0.6) is 0 Å². The molecule has 1 N–H and O–H groups in total. The van der Waals surface area contributed by atoms with Crippen LogP contribution in [0.25, 0.3) is 0 Å². The number of aromatic nitrogens is 1. The van der Waals surface area contributed by atoms with Crippen LogP contribution in [0.15, 0.2) is 11.6 Å². The predicted molar refractivity (Wildman–Crippen MR) is 75.1 cm³/mol. The van der Waals surface area contributed by atoms with Crippen molar-refractivity contribution in [2.45, 2.75) is 44.9 Å². The van der Waals surface area contributed by atoms with Crippen molar-refractivity contribution in [2.75, 3.05) is 19.7 Å². The predicted octanol–water partition coefficient (Wildman–Crippen LogP) is 1.89. The SMILES string of the molecule is CCOC1CC(O)C12CCN(Cc1nccs1)CC2. The summed E-state index contributed by atoms with van der Waals surface area (Å²) < 4.78 is 5.79. The molecule has 2 atom stereocenters. The first-order valence-corrected chi connectivity index (χ1v) is 8.03. The summed E-state index contributed by atoms with van der Waals surface area (Å²) in [5, 5.41) is 13.4. The van der Waals surface area contributed by atoms with Gasteiger partial charge in [-0.15, -0.1) is 11.3 Å². The molecule has 1 aliphatic carbocycles. The molecule has 1 saturated heterocycles.